The highest BCUT2D eigenvalue weighted by molar-refractivity contribution is 5.49. The molecule has 122 valence electrons. The van der Waals surface area contributed by atoms with Gasteiger partial charge in [0.05, 0.1) is 6.54 Å². The van der Waals surface area contributed by atoms with Crippen molar-refractivity contribution in [2.45, 2.75) is 45.2 Å². The Balaban J connectivity index is 1.44. The number of rotatable bonds is 3. The fourth-order valence-corrected chi connectivity index (χ4v) is 3.56. The maximum Gasteiger partial charge on any atom is 0.138 e. The lowest BCUT2D eigenvalue weighted by Crippen LogP contribution is -2.35. The molecule has 2 aliphatic rings. The van der Waals surface area contributed by atoms with E-state index in [0.29, 0.717) is 6.04 Å². The quantitative estimate of drug-likeness (QED) is 0.930. The standard InChI is InChI=1S/C16H23N7/c1-12-3-2-6-22(8-12)16-7-14(17-10-18-16)21-13-4-5-15-19-11-20-23(15)9-13/h7,10-13H,2-6,8-9H2,1H3,(H,17,18,21). The molecule has 7 nitrogen and oxygen atoms in total. The molecule has 7 heteroatoms. The van der Waals surface area contributed by atoms with Crippen molar-refractivity contribution in [3.8, 4) is 0 Å². The van der Waals surface area contributed by atoms with Crippen LogP contribution in [0.3, 0.4) is 0 Å². The summed E-state index contributed by atoms with van der Waals surface area (Å²) in [5.74, 6) is 3.75. The Morgan fingerprint density at radius 1 is 1.13 bits per heavy atom. The zero-order valence-corrected chi connectivity index (χ0v) is 13.5. The highest BCUT2D eigenvalue weighted by Crippen LogP contribution is 2.23. The molecule has 1 fully saturated rings. The van der Waals surface area contributed by atoms with Crippen LogP contribution in [-0.2, 0) is 13.0 Å². The Morgan fingerprint density at radius 2 is 2.09 bits per heavy atom. The highest BCUT2D eigenvalue weighted by Gasteiger charge is 2.21. The lowest BCUT2D eigenvalue weighted by molar-refractivity contribution is 0.439. The molecule has 1 saturated heterocycles. The van der Waals surface area contributed by atoms with E-state index in [4.69, 9.17) is 0 Å². The third-order valence-electron chi connectivity index (χ3n) is 4.79. The summed E-state index contributed by atoms with van der Waals surface area (Å²) in [6, 6.07) is 2.42. The minimum Gasteiger partial charge on any atom is -0.365 e. The van der Waals surface area contributed by atoms with E-state index in [1.54, 1.807) is 12.7 Å². The second-order valence-electron chi connectivity index (χ2n) is 6.69. The van der Waals surface area contributed by atoms with E-state index in [-0.39, 0.29) is 0 Å². The molecule has 2 atom stereocenters. The normalized spacial score (nSPS) is 24.3. The Bertz CT molecular complexity index is 668. The van der Waals surface area contributed by atoms with Crippen molar-refractivity contribution in [2.75, 3.05) is 23.3 Å². The Morgan fingerprint density at radius 3 is 3.00 bits per heavy atom. The fraction of sp³-hybridized carbons (Fsp3) is 0.625. The molecule has 2 aliphatic heterocycles. The molecule has 2 aromatic rings. The molecule has 4 rings (SSSR count). The van der Waals surface area contributed by atoms with Gasteiger partial charge in [0.1, 0.15) is 30.1 Å². The first-order valence-corrected chi connectivity index (χ1v) is 8.48. The lowest BCUT2D eigenvalue weighted by Gasteiger charge is -2.32. The number of aromatic nitrogens is 5. The summed E-state index contributed by atoms with van der Waals surface area (Å²) in [7, 11) is 0. The molecule has 4 heterocycles. The minimum atomic E-state index is 0.340. The third-order valence-corrected chi connectivity index (χ3v) is 4.79. The van der Waals surface area contributed by atoms with E-state index >= 15 is 0 Å². The second kappa shape index (κ2) is 6.14. The van der Waals surface area contributed by atoms with Crippen LogP contribution in [0.1, 0.15) is 32.0 Å². The number of anilines is 2. The van der Waals surface area contributed by atoms with Gasteiger partial charge in [0.15, 0.2) is 0 Å². The smallest absolute Gasteiger partial charge is 0.138 e. The van der Waals surface area contributed by atoms with E-state index < -0.39 is 0 Å². The molecule has 2 aromatic heterocycles. The van der Waals surface area contributed by atoms with Gasteiger partial charge in [-0.2, -0.15) is 5.10 Å². The molecule has 0 spiro atoms. The predicted octanol–water partition coefficient (Wildman–Crippen LogP) is 1.73. The van der Waals surface area contributed by atoms with E-state index in [1.807, 2.05) is 4.68 Å². The van der Waals surface area contributed by atoms with Crippen molar-refractivity contribution in [3.05, 3.63) is 24.5 Å². The van der Waals surface area contributed by atoms with Crippen molar-refractivity contribution >= 4 is 11.6 Å². The maximum absolute atomic E-state index is 4.47. The van der Waals surface area contributed by atoms with Crippen LogP contribution in [0.25, 0.3) is 0 Å². The van der Waals surface area contributed by atoms with Gasteiger partial charge in [0, 0.05) is 31.6 Å². The van der Waals surface area contributed by atoms with E-state index in [9.17, 15) is 0 Å². The molecule has 0 aliphatic carbocycles. The molecule has 0 saturated carbocycles. The summed E-state index contributed by atoms with van der Waals surface area (Å²) in [6.45, 7) is 5.33. The van der Waals surface area contributed by atoms with Gasteiger partial charge >= 0.3 is 0 Å². The topological polar surface area (TPSA) is 71.8 Å². The Hall–Kier alpha value is -2.18. The van der Waals surface area contributed by atoms with E-state index in [2.05, 4.69) is 43.3 Å². The monoisotopic (exact) mass is 313 g/mol. The molecule has 0 radical (unpaired) electrons. The summed E-state index contributed by atoms with van der Waals surface area (Å²) in [4.78, 5) is 15.5. The number of piperidine rings is 1. The van der Waals surface area contributed by atoms with Crippen LogP contribution < -0.4 is 10.2 Å². The van der Waals surface area contributed by atoms with Gasteiger partial charge in [0.25, 0.3) is 0 Å². The predicted molar refractivity (Wildman–Crippen MR) is 88.4 cm³/mol. The van der Waals surface area contributed by atoms with Crippen molar-refractivity contribution in [1.82, 2.24) is 24.7 Å². The van der Waals surface area contributed by atoms with Crippen molar-refractivity contribution < 1.29 is 0 Å². The van der Waals surface area contributed by atoms with Crippen LogP contribution in [0.15, 0.2) is 18.7 Å². The molecule has 0 amide bonds. The molecule has 1 N–H and O–H groups in total. The van der Waals surface area contributed by atoms with Crippen LogP contribution >= 0.6 is 0 Å². The first-order chi connectivity index (χ1) is 11.3. The highest BCUT2D eigenvalue weighted by atomic mass is 15.3. The molecule has 0 aromatic carbocycles. The minimum absolute atomic E-state index is 0.340. The van der Waals surface area contributed by atoms with Crippen LogP contribution in [0.5, 0.6) is 0 Å². The number of hydrogen-bond acceptors (Lipinski definition) is 6. The number of nitrogens with one attached hydrogen (secondary N) is 1. The number of fused-ring (bicyclic) bond motifs is 1. The molecule has 23 heavy (non-hydrogen) atoms. The third kappa shape index (κ3) is 3.13. The van der Waals surface area contributed by atoms with Crippen LogP contribution in [0.2, 0.25) is 0 Å². The average Bonchev–Trinajstić information content (AvgIpc) is 3.03. The van der Waals surface area contributed by atoms with Gasteiger partial charge in [-0.05, 0) is 25.2 Å². The first-order valence-electron chi connectivity index (χ1n) is 8.48. The fourth-order valence-electron chi connectivity index (χ4n) is 3.56. The molecular weight excluding hydrogens is 290 g/mol. The zero-order chi connectivity index (χ0) is 15.6. The zero-order valence-electron chi connectivity index (χ0n) is 13.5. The van der Waals surface area contributed by atoms with Gasteiger partial charge in [-0.3, -0.25) is 0 Å². The van der Waals surface area contributed by atoms with Gasteiger partial charge in [-0.25, -0.2) is 19.6 Å². The van der Waals surface area contributed by atoms with Gasteiger partial charge in [-0.15, -0.1) is 0 Å². The summed E-state index contributed by atoms with van der Waals surface area (Å²) in [6.07, 6.45) is 7.87. The lowest BCUT2D eigenvalue weighted by atomic mass is 10.0. The largest absolute Gasteiger partial charge is 0.365 e. The van der Waals surface area contributed by atoms with Gasteiger partial charge in [0.2, 0.25) is 0 Å². The summed E-state index contributed by atoms with van der Waals surface area (Å²) in [5.41, 5.74) is 0. The van der Waals surface area contributed by atoms with Crippen LogP contribution in [-0.4, -0.2) is 43.9 Å². The number of aryl methyl sites for hydroxylation is 1. The van der Waals surface area contributed by atoms with Gasteiger partial charge < -0.3 is 10.2 Å². The van der Waals surface area contributed by atoms with E-state index in [1.165, 1.54) is 12.8 Å². The summed E-state index contributed by atoms with van der Waals surface area (Å²) >= 11 is 0. The Kier molecular flexibility index (Phi) is 3.85. The molecular formula is C16H23N7. The summed E-state index contributed by atoms with van der Waals surface area (Å²) < 4.78 is 1.98. The van der Waals surface area contributed by atoms with Crippen LogP contribution in [0, 0.1) is 5.92 Å². The number of nitrogens with zero attached hydrogens (tertiary/aromatic N) is 6. The molecule has 2 unspecified atom stereocenters. The number of hydrogen-bond donors (Lipinski definition) is 1. The SMILES string of the molecule is CC1CCCN(c2cc(NC3CCc4ncnn4C3)ncn2)C1. The van der Waals surface area contributed by atoms with Crippen molar-refractivity contribution in [1.29, 1.82) is 0 Å². The summed E-state index contributed by atoms with van der Waals surface area (Å²) in [5, 5.41) is 7.81. The average molecular weight is 313 g/mol. The van der Waals surface area contributed by atoms with Crippen molar-refractivity contribution in [3.63, 3.8) is 0 Å². The molecule has 0 bridgehead atoms. The van der Waals surface area contributed by atoms with Crippen LogP contribution in [0.4, 0.5) is 11.6 Å². The Labute approximate surface area is 136 Å². The van der Waals surface area contributed by atoms with E-state index in [0.717, 1.165) is 55.9 Å². The van der Waals surface area contributed by atoms with Gasteiger partial charge in [-0.1, -0.05) is 6.92 Å². The first kappa shape index (κ1) is 14.4. The second-order valence-corrected chi connectivity index (χ2v) is 6.69. The van der Waals surface area contributed by atoms with Crippen molar-refractivity contribution in [2.24, 2.45) is 5.92 Å². The maximum atomic E-state index is 4.47.